The van der Waals surface area contributed by atoms with E-state index in [4.69, 9.17) is 4.42 Å². The van der Waals surface area contributed by atoms with Crippen molar-refractivity contribution in [3.63, 3.8) is 0 Å². The van der Waals surface area contributed by atoms with Crippen LogP contribution < -0.4 is 5.32 Å². The van der Waals surface area contributed by atoms with Crippen molar-refractivity contribution in [1.29, 1.82) is 0 Å². The van der Waals surface area contributed by atoms with E-state index in [2.05, 4.69) is 15.3 Å². The fraction of sp³-hybridized carbons (Fsp3) is 0.381. The van der Waals surface area contributed by atoms with Gasteiger partial charge in [0, 0.05) is 36.6 Å². The zero-order valence-corrected chi connectivity index (χ0v) is 15.3. The van der Waals surface area contributed by atoms with Crippen molar-refractivity contribution < 1.29 is 14.3 Å². The van der Waals surface area contributed by atoms with E-state index in [9.17, 15) is 9.90 Å². The van der Waals surface area contributed by atoms with Gasteiger partial charge in [-0.1, -0.05) is 12.1 Å². The van der Waals surface area contributed by atoms with Crippen LogP contribution in [-0.4, -0.2) is 27.6 Å². The number of fused-ring (bicyclic) bond motifs is 1. The number of aryl methyl sites for hydroxylation is 1. The number of pyridine rings is 1. The number of amides is 1. The summed E-state index contributed by atoms with van der Waals surface area (Å²) in [6.45, 7) is 2.03. The van der Waals surface area contributed by atoms with E-state index in [1.54, 1.807) is 12.4 Å². The Morgan fingerprint density at radius 1 is 1.15 bits per heavy atom. The third-order valence-electron chi connectivity index (χ3n) is 5.35. The zero-order valence-electron chi connectivity index (χ0n) is 15.3. The average Bonchev–Trinajstić information content (AvgIpc) is 3.14. The zero-order chi connectivity index (χ0) is 18.8. The van der Waals surface area contributed by atoms with Crippen LogP contribution >= 0.6 is 0 Å². The van der Waals surface area contributed by atoms with E-state index in [-0.39, 0.29) is 18.4 Å². The Morgan fingerprint density at radius 3 is 2.67 bits per heavy atom. The number of hydrogen-bond acceptors (Lipinski definition) is 5. The molecule has 1 fully saturated rings. The van der Waals surface area contributed by atoms with Crippen molar-refractivity contribution in [3.8, 4) is 11.3 Å². The summed E-state index contributed by atoms with van der Waals surface area (Å²) in [7, 11) is 0. The monoisotopic (exact) mass is 365 g/mol. The molecule has 0 bridgehead atoms. The topological polar surface area (TPSA) is 88.2 Å². The fourth-order valence-corrected chi connectivity index (χ4v) is 3.69. The van der Waals surface area contributed by atoms with Crippen LogP contribution in [0.5, 0.6) is 0 Å². The molecule has 27 heavy (non-hydrogen) atoms. The normalized spacial score (nSPS) is 19.9. The Bertz CT molecular complexity index is 958. The molecule has 0 radical (unpaired) electrons. The van der Waals surface area contributed by atoms with Gasteiger partial charge in [-0.3, -0.25) is 4.79 Å². The molecule has 0 atom stereocenters. The van der Waals surface area contributed by atoms with E-state index in [0.717, 1.165) is 47.8 Å². The molecular weight excluding hydrogens is 342 g/mol. The highest BCUT2D eigenvalue weighted by Crippen LogP contribution is 2.30. The first-order valence-electron chi connectivity index (χ1n) is 9.36. The minimum absolute atomic E-state index is 0.00574. The molecule has 1 saturated carbocycles. The Hall–Kier alpha value is -2.73. The summed E-state index contributed by atoms with van der Waals surface area (Å²) in [6, 6.07) is 7.86. The third kappa shape index (κ3) is 3.85. The highest BCUT2D eigenvalue weighted by atomic mass is 16.4. The maximum atomic E-state index is 12.6. The molecule has 0 aliphatic heterocycles. The van der Waals surface area contributed by atoms with Gasteiger partial charge in [0.1, 0.15) is 5.82 Å². The van der Waals surface area contributed by atoms with E-state index in [1.165, 1.54) is 0 Å². The summed E-state index contributed by atoms with van der Waals surface area (Å²) in [4.78, 5) is 21.1. The molecule has 140 valence electrons. The highest BCUT2D eigenvalue weighted by Gasteiger charge is 2.26. The van der Waals surface area contributed by atoms with Gasteiger partial charge in [-0.25, -0.2) is 9.97 Å². The molecule has 4 rings (SSSR count). The van der Waals surface area contributed by atoms with Crippen molar-refractivity contribution >= 4 is 22.5 Å². The summed E-state index contributed by atoms with van der Waals surface area (Å²) >= 11 is 0. The molecule has 6 heteroatoms. The number of hydrogen-bond donors (Lipinski definition) is 2. The summed E-state index contributed by atoms with van der Waals surface area (Å²) < 4.78 is 5.60. The molecule has 3 aromatic rings. The van der Waals surface area contributed by atoms with Gasteiger partial charge in [0.2, 0.25) is 5.91 Å². The van der Waals surface area contributed by atoms with Gasteiger partial charge < -0.3 is 14.8 Å². The van der Waals surface area contributed by atoms with Crippen LogP contribution in [0.3, 0.4) is 0 Å². The first kappa shape index (κ1) is 17.7. The second kappa shape index (κ2) is 7.48. The molecule has 2 heterocycles. The van der Waals surface area contributed by atoms with Crippen molar-refractivity contribution in [2.24, 2.45) is 11.8 Å². The lowest BCUT2D eigenvalue weighted by Gasteiger charge is -2.26. The second-order valence-corrected chi connectivity index (χ2v) is 7.26. The van der Waals surface area contributed by atoms with Gasteiger partial charge in [-0.2, -0.15) is 0 Å². The number of nitrogens with zero attached hydrogens (tertiary/aromatic N) is 2. The fourth-order valence-electron chi connectivity index (χ4n) is 3.69. The van der Waals surface area contributed by atoms with Crippen molar-refractivity contribution in [2.75, 3.05) is 11.9 Å². The average molecular weight is 365 g/mol. The maximum Gasteiger partial charge on any atom is 0.228 e. The van der Waals surface area contributed by atoms with Crippen LogP contribution in [0.1, 0.15) is 31.6 Å². The number of rotatable bonds is 4. The van der Waals surface area contributed by atoms with Gasteiger partial charge in [0.15, 0.2) is 11.7 Å². The number of carbonyl (C=O) groups excluding carboxylic acids is 1. The Morgan fingerprint density at radius 2 is 1.96 bits per heavy atom. The van der Waals surface area contributed by atoms with Gasteiger partial charge in [-0.05, 0) is 49.1 Å². The molecule has 0 unspecified atom stereocenters. The lowest BCUT2D eigenvalue weighted by molar-refractivity contribution is -0.121. The molecule has 1 aromatic carbocycles. The van der Waals surface area contributed by atoms with Gasteiger partial charge in [-0.15, -0.1) is 0 Å². The molecule has 6 nitrogen and oxygen atoms in total. The van der Waals surface area contributed by atoms with Crippen LogP contribution in [0.25, 0.3) is 22.1 Å². The summed E-state index contributed by atoms with van der Waals surface area (Å²) in [6.07, 6.45) is 6.92. The first-order valence-corrected chi connectivity index (χ1v) is 9.36. The summed E-state index contributed by atoms with van der Waals surface area (Å²) in [5, 5.41) is 14.2. The number of aliphatic hydroxyl groups is 1. The Balaban J connectivity index is 1.51. The lowest BCUT2D eigenvalue weighted by atomic mass is 9.82. The predicted octanol–water partition coefficient (Wildman–Crippen LogP) is 3.94. The number of aliphatic hydroxyl groups excluding tert-OH is 1. The van der Waals surface area contributed by atoms with Crippen molar-refractivity contribution in [3.05, 3.63) is 42.5 Å². The van der Waals surface area contributed by atoms with E-state index < -0.39 is 0 Å². The number of anilines is 1. The van der Waals surface area contributed by atoms with Crippen LogP contribution in [0, 0.1) is 18.8 Å². The minimum atomic E-state index is -0.00574. The van der Waals surface area contributed by atoms with Gasteiger partial charge in [0.25, 0.3) is 0 Å². The largest absolute Gasteiger partial charge is 0.441 e. The Kier molecular flexibility index (Phi) is 4.90. The number of aromatic nitrogens is 2. The highest BCUT2D eigenvalue weighted by molar-refractivity contribution is 5.94. The van der Waals surface area contributed by atoms with E-state index in [0.29, 0.717) is 17.6 Å². The molecule has 2 aromatic heterocycles. The second-order valence-electron chi connectivity index (χ2n) is 7.26. The molecule has 0 spiro atoms. The SMILES string of the molecule is Cc1ncc(-c2ccc3cnc(NC(=O)C4CCC(CO)CC4)cc3c2)o1. The predicted molar refractivity (Wildman–Crippen MR) is 103 cm³/mol. The third-order valence-corrected chi connectivity index (χ3v) is 5.35. The lowest BCUT2D eigenvalue weighted by Crippen LogP contribution is -2.28. The standard InChI is InChI=1S/C21H23N3O3/c1-13-22-11-19(27-13)16-6-7-17-10-23-20(9-18(17)8-16)24-21(26)15-4-2-14(12-25)3-5-15/h6-11,14-15,25H,2-5,12H2,1H3,(H,23,24,26). The van der Waals surface area contributed by atoms with Crippen LogP contribution in [0.2, 0.25) is 0 Å². The molecule has 1 amide bonds. The van der Waals surface area contributed by atoms with Crippen LogP contribution in [-0.2, 0) is 4.79 Å². The molecular formula is C21H23N3O3. The molecule has 2 N–H and O–H groups in total. The molecule has 0 saturated heterocycles. The summed E-state index contributed by atoms with van der Waals surface area (Å²) in [5.74, 6) is 2.25. The molecule has 1 aliphatic carbocycles. The van der Waals surface area contributed by atoms with Crippen LogP contribution in [0.15, 0.2) is 41.1 Å². The molecule has 1 aliphatic rings. The smallest absolute Gasteiger partial charge is 0.228 e. The van der Waals surface area contributed by atoms with Crippen LogP contribution in [0.4, 0.5) is 5.82 Å². The maximum absolute atomic E-state index is 12.6. The number of oxazole rings is 1. The summed E-state index contributed by atoms with van der Waals surface area (Å²) in [5.41, 5.74) is 0.939. The van der Waals surface area contributed by atoms with E-state index >= 15 is 0 Å². The Labute approximate surface area is 157 Å². The van der Waals surface area contributed by atoms with E-state index in [1.807, 2.05) is 31.2 Å². The number of nitrogens with one attached hydrogen (secondary N) is 1. The first-order chi connectivity index (χ1) is 13.1. The van der Waals surface area contributed by atoms with Gasteiger partial charge in [0.05, 0.1) is 6.20 Å². The number of benzene rings is 1. The van der Waals surface area contributed by atoms with Gasteiger partial charge >= 0.3 is 0 Å². The minimum Gasteiger partial charge on any atom is -0.441 e. The van der Waals surface area contributed by atoms with Crippen molar-refractivity contribution in [1.82, 2.24) is 9.97 Å². The van der Waals surface area contributed by atoms with Crippen molar-refractivity contribution in [2.45, 2.75) is 32.6 Å². The number of carbonyl (C=O) groups is 1. The quantitative estimate of drug-likeness (QED) is 0.731.